The maximum atomic E-state index is 14.7. The number of anilines is 1. The summed E-state index contributed by atoms with van der Waals surface area (Å²) in [5.74, 6) is -0.260. The van der Waals surface area contributed by atoms with Gasteiger partial charge in [0.1, 0.15) is 6.04 Å². The summed E-state index contributed by atoms with van der Waals surface area (Å²) in [6.07, 6.45) is 5.43. The second-order valence-corrected chi connectivity index (χ2v) is 11.0. The standard InChI is InChI=1S/C34H37N3O3/c1-24-16-18-26(19-17-24)32(33(38)35-27-12-6-3-7-13-27)37-29-15-9-8-14-28(29)30(34(37)39)31(25-10-4-2-5-11-25)36-20-22-40-23-21-36/h2,4-5,8-11,14-19,27,32H,3,6-7,12-13,20-23H2,1H3,(H,35,38)/b31-30-. The molecule has 2 heterocycles. The fourth-order valence-electron chi connectivity index (χ4n) is 6.29. The van der Waals surface area contributed by atoms with Crippen LogP contribution in [0.15, 0.2) is 78.9 Å². The van der Waals surface area contributed by atoms with Crippen molar-refractivity contribution in [3.63, 3.8) is 0 Å². The van der Waals surface area contributed by atoms with Gasteiger partial charge in [-0.3, -0.25) is 14.5 Å². The van der Waals surface area contributed by atoms with Gasteiger partial charge in [0.15, 0.2) is 0 Å². The van der Waals surface area contributed by atoms with Gasteiger partial charge >= 0.3 is 0 Å². The van der Waals surface area contributed by atoms with Gasteiger partial charge in [0.05, 0.1) is 30.2 Å². The van der Waals surface area contributed by atoms with E-state index in [-0.39, 0.29) is 17.9 Å². The second kappa shape index (κ2) is 11.7. The van der Waals surface area contributed by atoms with Crippen molar-refractivity contribution in [3.05, 3.63) is 101 Å². The van der Waals surface area contributed by atoms with E-state index in [1.807, 2.05) is 73.7 Å². The van der Waals surface area contributed by atoms with Gasteiger partial charge in [-0.1, -0.05) is 97.6 Å². The van der Waals surface area contributed by atoms with Gasteiger partial charge in [-0.05, 0) is 37.0 Å². The topological polar surface area (TPSA) is 61.9 Å². The smallest absolute Gasteiger partial charge is 0.262 e. The zero-order valence-electron chi connectivity index (χ0n) is 23.1. The summed E-state index contributed by atoms with van der Waals surface area (Å²) in [6.45, 7) is 4.66. The molecule has 1 unspecified atom stereocenters. The van der Waals surface area contributed by atoms with Gasteiger partial charge in [0, 0.05) is 24.7 Å². The molecule has 6 rings (SSSR count). The summed E-state index contributed by atoms with van der Waals surface area (Å²) in [7, 11) is 0. The number of morpholine rings is 1. The van der Waals surface area contributed by atoms with Crippen LogP contribution in [0.1, 0.15) is 60.4 Å². The number of nitrogens with zero attached hydrogens (tertiary/aromatic N) is 2. The van der Waals surface area contributed by atoms with E-state index in [0.29, 0.717) is 31.9 Å². The number of amides is 2. The van der Waals surface area contributed by atoms with E-state index in [2.05, 4.69) is 22.3 Å². The average molecular weight is 536 g/mol. The summed E-state index contributed by atoms with van der Waals surface area (Å²) < 4.78 is 5.66. The zero-order valence-corrected chi connectivity index (χ0v) is 23.1. The lowest BCUT2D eigenvalue weighted by Crippen LogP contribution is -2.46. The van der Waals surface area contributed by atoms with E-state index in [9.17, 15) is 9.59 Å². The number of benzene rings is 3. The second-order valence-electron chi connectivity index (χ2n) is 11.0. The van der Waals surface area contributed by atoms with Gasteiger partial charge in [-0.15, -0.1) is 0 Å². The van der Waals surface area contributed by atoms with Crippen molar-refractivity contribution < 1.29 is 14.3 Å². The number of fused-ring (bicyclic) bond motifs is 1. The first kappa shape index (κ1) is 26.3. The third-order valence-electron chi connectivity index (χ3n) is 8.33. The Morgan fingerprint density at radius 3 is 2.27 bits per heavy atom. The third-order valence-corrected chi connectivity index (χ3v) is 8.33. The van der Waals surface area contributed by atoms with Crippen molar-refractivity contribution in [2.45, 2.75) is 51.1 Å². The van der Waals surface area contributed by atoms with E-state index in [1.54, 1.807) is 4.90 Å². The Morgan fingerprint density at radius 2 is 1.55 bits per heavy atom. The molecule has 206 valence electrons. The number of rotatable bonds is 6. The maximum Gasteiger partial charge on any atom is 0.262 e. The Balaban J connectivity index is 1.49. The molecule has 2 fully saturated rings. The van der Waals surface area contributed by atoms with Crippen molar-refractivity contribution >= 4 is 28.8 Å². The quantitative estimate of drug-likeness (QED) is 0.410. The van der Waals surface area contributed by atoms with E-state index in [1.165, 1.54) is 6.42 Å². The minimum absolute atomic E-state index is 0.118. The molecule has 0 spiro atoms. The molecule has 0 aromatic heterocycles. The summed E-state index contributed by atoms with van der Waals surface area (Å²) in [5.41, 5.74) is 6.10. The monoisotopic (exact) mass is 535 g/mol. The highest BCUT2D eigenvalue weighted by atomic mass is 16.5. The van der Waals surface area contributed by atoms with Crippen molar-refractivity contribution in [2.75, 3.05) is 31.2 Å². The number of hydrogen-bond acceptors (Lipinski definition) is 4. The molecule has 2 amide bonds. The molecule has 3 aromatic rings. The van der Waals surface area contributed by atoms with Crippen molar-refractivity contribution in [1.29, 1.82) is 0 Å². The molecule has 40 heavy (non-hydrogen) atoms. The van der Waals surface area contributed by atoms with Crippen LogP contribution in [0.25, 0.3) is 11.3 Å². The van der Waals surface area contributed by atoms with Gasteiger partial charge in [-0.25, -0.2) is 0 Å². The first-order chi connectivity index (χ1) is 19.6. The Bertz CT molecular complexity index is 1390. The Labute approximate surface area is 236 Å². The Morgan fingerprint density at radius 1 is 0.875 bits per heavy atom. The van der Waals surface area contributed by atoms with Crippen LogP contribution in [0.3, 0.4) is 0 Å². The van der Waals surface area contributed by atoms with E-state index >= 15 is 0 Å². The van der Waals surface area contributed by atoms with Gasteiger partial charge in [0.2, 0.25) is 5.91 Å². The van der Waals surface area contributed by atoms with E-state index in [4.69, 9.17) is 4.74 Å². The predicted octanol–water partition coefficient (Wildman–Crippen LogP) is 5.73. The average Bonchev–Trinajstić information content (AvgIpc) is 3.27. The lowest BCUT2D eigenvalue weighted by Gasteiger charge is -2.33. The molecular weight excluding hydrogens is 498 g/mol. The van der Waals surface area contributed by atoms with Crippen LogP contribution < -0.4 is 10.2 Å². The number of hydrogen-bond donors (Lipinski definition) is 1. The van der Waals surface area contributed by atoms with E-state index < -0.39 is 6.04 Å². The number of nitrogens with one attached hydrogen (secondary N) is 1. The normalized spacial score (nSPS) is 19.8. The highest BCUT2D eigenvalue weighted by Crippen LogP contribution is 2.45. The largest absolute Gasteiger partial charge is 0.378 e. The summed E-state index contributed by atoms with van der Waals surface area (Å²) in [6, 6.07) is 25.4. The van der Waals surface area contributed by atoms with Gasteiger partial charge < -0.3 is 15.0 Å². The van der Waals surface area contributed by atoms with Gasteiger partial charge in [-0.2, -0.15) is 0 Å². The fraction of sp³-hybridized carbons (Fsp3) is 0.353. The fourth-order valence-corrected chi connectivity index (χ4v) is 6.29. The van der Waals surface area contributed by atoms with Crippen LogP contribution in [0, 0.1) is 6.92 Å². The van der Waals surface area contributed by atoms with Crippen LogP contribution >= 0.6 is 0 Å². The summed E-state index contributed by atoms with van der Waals surface area (Å²) >= 11 is 0. The van der Waals surface area contributed by atoms with Crippen LogP contribution in [0.5, 0.6) is 0 Å². The number of ether oxygens (including phenoxy) is 1. The van der Waals surface area contributed by atoms with Crippen LogP contribution in [-0.2, 0) is 14.3 Å². The van der Waals surface area contributed by atoms with Crippen molar-refractivity contribution in [2.24, 2.45) is 0 Å². The Kier molecular flexibility index (Phi) is 7.69. The molecular formula is C34H37N3O3. The molecule has 1 saturated carbocycles. The molecule has 1 atom stereocenters. The molecule has 3 aliphatic rings. The van der Waals surface area contributed by atoms with Gasteiger partial charge in [0.25, 0.3) is 5.91 Å². The van der Waals surface area contributed by atoms with Crippen molar-refractivity contribution in [1.82, 2.24) is 10.2 Å². The molecule has 6 heteroatoms. The summed E-state index contributed by atoms with van der Waals surface area (Å²) in [4.78, 5) is 32.9. The molecule has 2 aliphatic heterocycles. The van der Waals surface area contributed by atoms with Crippen LogP contribution in [0.4, 0.5) is 5.69 Å². The molecule has 1 aliphatic carbocycles. The zero-order chi connectivity index (χ0) is 27.5. The SMILES string of the molecule is Cc1ccc(C(C(=O)NC2CCCCC2)N2C(=O)/C(=C(/c3ccccc3)N3CCOCC3)c3ccccc32)cc1. The molecule has 1 N–H and O–H groups in total. The van der Waals surface area contributed by atoms with Crippen LogP contribution in [-0.4, -0.2) is 49.1 Å². The highest BCUT2D eigenvalue weighted by molar-refractivity contribution is 6.38. The third kappa shape index (κ3) is 5.16. The highest BCUT2D eigenvalue weighted by Gasteiger charge is 2.43. The number of carbonyl (C=O) groups is 2. The Hall–Kier alpha value is -3.90. The van der Waals surface area contributed by atoms with Crippen LogP contribution in [0.2, 0.25) is 0 Å². The van der Waals surface area contributed by atoms with E-state index in [0.717, 1.165) is 59.3 Å². The number of carbonyl (C=O) groups excluding carboxylic acids is 2. The minimum atomic E-state index is -0.768. The lowest BCUT2D eigenvalue weighted by molar-refractivity contribution is -0.125. The lowest BCUT2D eigenvalue weighted by atomic mass is 9.94. The first-order valence-corrected chi connectivity index (χ1v) is 14.5. The first-order valence-electron chi connectivity index (χ1n) is 14.5. The predicted molar refractivity (Wildman–Crippen MR) is 159 cm³/mol. The number of para-hydroxylation sites is 1. The maximum absolute atomic E-state index is 14.7. The summed E-state index contributed by atoms with van der Waals surface area (Å²) in [5, 5.41) is 3.32. The minimum Gasteiger partial charge on any atom is -0.378 e. The van der Waals surface area contributed by atoms with Crippen molar-refractivity contribution in [3.8, 4) is 0 Å². The molecule has 6 nitrogen and oxygen atoms in total. The molecule has 0 bridgehead atoms. The molecule has 0 radical (unpaired) electrons. The molecule has 1 saturated heterocycles. The number of aryl methyl sites for hydroxylation is 1. The molecule has 3 aromatic carbocycles.